The van der Waals surface area contributed by atoms with Crippen LogP contribution in [-0.2, 0) is 38.0 Å². The minimum Gasteiger partial charge on any atom is -0.462 e. The predicted octanol–water partition coefficient (Wildman–Crippen LogP) is 5.18. The molecule has 2 heterocycles. The summed E-state index contributed by atoms with van der Waals surface area (Å²) in [5.74, 6) is 0.217. The highest BCUT2D eigenvalue weighted by molar-refractivity contribution is 5.99. The predicted molar refractivity (Wildman–Crippen MR) is 171 cm³/mol. The van der Waals surface area contributed by atoms with Gasteiger partial charge in [0.25, 0.3) is 0 Å². The van der Waals surface area contributed by atoms with Gasteiger partial charge in [-0.1, -0.05) is 38.0 Å². The molecule has 4 aliphatic carbocycles. The van der Waals surface area contributed by atoms with Crippen LogP contribution in [0.2, 0.25) is 0 Å². The second-order valence-corrected chi connectivity index (χ2v) is 14.9. The van der Waals surface area contributed by atoms with Crippen molar-refractivity contribution in [3.05, 3.63) is 23.3 Å². The van der Waals surface area contributed by atoms with E-state index in [4.69, 9.17) is 28.4 Å². The molecule has 2 aliphatic heterocycles. The van der Waals surface area contributed by atoms with Gasteiger partial charge in [-0.15, -0.1) is 0 Å². The number of aliphatic hydroxyl groups is 1. The van der Waals surface area contributed by atoms with E-state index in [2.05, 4.69) is 26.0 Å². The van der Waals surface area contributed by atoms with Gasteiger partial charge in [0.15, 0.2) is 12.1 Å². The van der Waals surface area contributed by atoms with Gasteiger partial charge in [-0.25, -0.2) is 0 Å². The number of Topliss-reactive ketones (excluding diaryl/α,β-unsaturated/α-hetero) is 1. The van der Waals surface area contributed by atoms with Gasteiger partial charge in [-0.05, 0) is 93.5 Å². The molecule has 258 valence electrons. The van der Waals surface area contributed by atoms with Crippen molar-refractivity contribution in [3.8, 4) is 0 Å². The Kier molecular flexibility index (Phi) is 10.8. The summed E-state index contributed by atoms with van der Waals surface area (Å²) in [5.41, 5.74) is 2.01. The van der Waals surface area contributed by atoms with Gasteiger partial charge in [-0.2, -0.15) is 0 Å². The van der Waals surface area contributed by atoms with Crippen molar-refractivity contribution in [2.45, 2.75) is 134 Å². The van der Waals surface area contributed by atoms with Crippen molar-refractivity contribution < 1.29 is 43.1 Å². The van der Waals surface area contributed by atoms with E-state index in [-0.39, 0.29) is 72.4 Å². The topological polar surface area (TPSA) is 110 Å². The lowest BCUT2D eigenvalue weighted by Gasteiger charge is -2.45. The summed E-state index contributed by atoms with van der Waals surface area (Å²) < 4.78 is 36.8. The van der Waals surface area contributed by atoms with Gasteiger partial charge in [0, 0.05) is 33.2 Å². The van der Waals surface area contributed by atoms with Crippen molar-refractivity contribution in [1.82, 2.24) is 0 Å². The monoisotopic (exact) mass is 644 g/mol. The Balaban J connectivity index is 1.22. The number of allylic oxidation sites excluding steroid dienone is 4. The number of hydrogen-bond donors (Lipinski definition) is 1. The van der Waals surface area contributed by atoms with E-state index in [1.165, 1.54) is 12.0 Å². The zero-order valence-electron chi connectivity index (χ0n) is 28.6. The number of esters is 1. The molecule has 0 aromatic heterocycles. The van der Waals surface area contributed by atoms with Gasteiger partial charge in [0.1, 0.15) is 24.4 Å². The number of cyclic esters (lactones) is 1. The quantitative estimate of drug-likeness (QED) is 0.296. The zero-order chi connectivity index (χ0) is 32.7. The number of carbonyl (C=O) groups is 2. The molecule has 0 aromatic rings. The Morgan fingerprint density at radius 2 is 1.61 bits per heavy atom. The van der Waals surface area contributed by atoms with E-state index in [9.17, 15) is 14.7 Å². The number of aliphatic hydroxyl groups excluding tert-OH is 1. The fraction of sp³-hybridized carbons (Fsp3) is 0.838. The Hall–Kier alpha value is -1.62. The summed E-state index contributed by atoms with van der Waals surface area (Å²) in [4.78, 5) is 27.5. The second-order valence-electron chi connectivity index (χ2n) is 14.9. The molecule has 0 bridgehead atoms. The number of carbonyl (C=O) groups excluding carboxylic acids is 2. The SMILES string of the molecule is CC[C@@H]1OC(OC2CC3C(C)=CC4C5CC(=O)OC(C6CCC6)CCCC(O)C(C)C(=O)C5=CC4C3C2)C(OC)C(OC)C1OC. The number of fused-ring (bicyclic) bond motifs is 5. The lowest BCUT2D eigenvalue weighted by molar-refractivity contribution is -0.317. The minimum atomic E-state index is -0.701. The second kappa shape index (κ2) is 14.5. The highest BCUT2D eigenvalue weighted by Crippen LogP contribution is 2.56. The fourth-order valence-electron chi connectivity index (χ4n) is 9.70. The third-order valence-electron chi connectivity index (χ3n) is 12.5. The van der Waals surface area contributed by atoms with Crippen molar-refractivity contribution >= 4 is 11.8 Å². The van der Waals surface area contributed by atoms with Crippen molar-refractivity contribution in [3.63, 3.8) is 0 Å². The van der Waals surface area contributed by atoms with Gasteiger partial charge >= 0.3 is 5.97 Å². The van der Waals surface area contributed by atoms with Gasteiger partial charge in [0.2, 0.25) is 0 Å². The van der Waals surface area contributed by atoms with Crippen LogP contribution in [0.1, 0.15) is 85.0 Å². The molecule has 4 fully saturated rings. The number of hydrogen-bond acceptors (Lipinski definition) is 9. The average molecular weight is 645 g/mol. The van der Waals surface area contributed by atoms with Crippen LogP contribution in [0.15, 0.2) is 23.3 Å². The first-order chi connectivity index (χ1) is 22.2. The molecule has 0 radical (unpaired) electrons. The molecule has 0 aromatic carbocycles. The van der Waals surface area contributed by atoms with Crippen LogP contribution in [0.5, 0.6) is 0 Å². The summed E-state index contributed by atoms with van der Waals surface area (Å²) in [6, 6.07) is 0. The first-order valence-electron chi connectivity index (χ1n) is 17.9. The van der Waals surface area contributed by atoms with Crippen LogP contribution in [0, 0.1) is 41.4 Å². The van der Waals surface area contributed by atoms with Crippen molar-refractivity contribution in [2.24, 2.45) is 41.4 Å². The van der Waals surface area contributed by atoms with Crippen molar-refractivity contribution in [1.29, 1.82) is 0 Å². The molecule has 14 atom stereocenters. The fourth-order valence-corrected chi connectivity index (χ4v) is 9.70. The first-order valence-corrected chi connectivity index (χ1v) is 17.9. The molecular formula is C37H56O9. The van der Waals surface area contributed by atoms with Crippen LogP contribution in [0.25, 0.3) is 0 Å². The summed E-state index contributed by atoms with van der Waals surface area (Å²) in [6.45, 7) is 6.11. The maximum atomic E-state index is 14.0. The number of rotatable bonds is 7. The molecule has 0 amide bonds. The van der Waals surface area contributed by atoms with Gasteiger partial charge in [-0.3, -0.25) is 9.59 Å². The number of methoxy groups -OCH3 is 3. The highest BCUT2D eigenvalue weighted by atomic mass is 16.7. The van der Waals surface area contributed by atoms with E-state index in [0.717, 1.165) is 44.9 Å². The number of ether oxygens (including phenoxy) is 6. The Morgan fingerprint density at radius 3 is 2.26 bits per heavy atom. The molecule has 13 unspecified atom stereocenters. The average Bonchev–Trinajstić information content (AvgIpc) is 3.60. The van der Waals surface area contributed by atoms with E-state index in [1.54, 1.807) is 21.3 Å². The normalized spacial score (nSPS) is 45.3. The molecular weight excluding hydrogens is 588 g/mol. The van der Waals surface area contributed by atoms with E-state index < -0.39 is 24.4 Å². The molecule has 0 spiro atoms. The van der Waals surface area contributed by atoms with Crippen LogP contribution in [-0.4, -0.2) is 87.2 Å². The Bertz CT molecular complexity index is 1160. The maximum absolute atomic E-state index is 14.0. The van der Waals surface area contributed by atoms with E-state index >= 15 is 0 Å². The smallest absolute Gasteiger partial charge is 0.306 e. The largest absolute Gasteiger partial charge is 0.462 e. The molecule has 2 saturated carbocycles. The standard InChI is InChI=1S/C37H56O9/c1-7-30-34(41-4)35(42-5)36(43-6)37(46-30)44-22-15-23-19(2)14-24-26(25(23)16-22)17-28-27(24)18-32(39)45-31(21-10-8-11-21)13-9-12-29(38)20(3)33(28)40/h14,17,20-27,29-31,34-38H,7-13,15-16,18H2,1-6H3/t20?,22?,23?,24?,25?,26?,27?,29?,30-,31?,34?,35?,36?,37?/m0/s1. The first kappa shape index (κ1) is 34.3. The van der Waals surface area contributed by atoms with E-state index in [0.29, 0.717) is 23.8 Å². The molecule has 9 heteroatoms. The Morgan fingerprint density at radius 1 is 0.891 bits per heavy atom. The maximum Gasteiger partial charge on any atom is 0.306 e. The summed E-state index contributed by atoms with van der Waals surface area (Å²) in [6.07, 6.45) is 9.94. The lowest BCUT2D eigenvalue weighted by atomic mass is 9.67. The van der Waals surface area contributed by atoms with Gasteiger partial charge < -0.3 is 33.5 Å². The molecule has 6 rings (SSSR count). The summed E-state index contributed by atoms with van der Waals surface area (Å²) in [5, 5.41) is 11.1. The highest BCUT2D eigenvalue weighted by Gasteiger charge is 2.53. The molecule has 9 nitrogen and oxygen atoms in total. The van der Waals surface area contributed by atoms with Crippen LogP contribution in [0.3, 0.4) is 0 Å². The van der Waals surface area contributed by atoms with Crippen LogP contribution < -0.4 is 0 Å². The van der Waals surface area contributed by atoms with Crippen molar-refractivity contribution in [2.75, 3.05) is 21.3 Å². The summed E-state index contributed by atoms with van der Waals surface area (Å²) in [7, 11) is 5.00. The zero-order valence-corrected chi connectivity index (χ0v) is 28.6. The molecule has 2 saturated heterocycles. The molecule has 46 heavy (non-hydrogen) atoms. The van der Waals surface area contributed by atoms with Crippen LogP contribution >= 0.6 is 0 Å². The van der Waals surface area contributed by atoms with Gasteiger partial charge in [0.05, 0.1) is 24.7 Å². The minimum absolute atomic E-state index is 0.0216. The third-order valence-corrected chi connectivity index (χ3v) is 12.5. The third kappa shape index (κ3) is 6.41. The van der Waals surface area contributed by atoms with E-state index in [1.807, 2.05) is 6.92 Å². The Labute approximate surface area is 274 Å². The number of ketones is 1. The summed E-state index contributed by atoms with van der Waals surface area (Å²) >= 11 is 0. The molecule has 6 aliphatic rings. The van der Waals surface area contributed by atoms with Crippen LogP contribution in [0.4, 0.5) is 0 Å². The lowest BCUT2D eigenvalue weighted by Crippen LogP contribution is -2.60. The molecule has 1 N–H and O–H groups in total.